The van der Waals surface area contributed by atoms with Gasteiger partial charge in [-0.1, -0.05) is 25.7 Å². The molecule has 1 amide bonds. The lowest BCUT2D eigenvalue weighted by Crippen LogP contribution is -2.46. The molecule has 6 heteroatoms. The van der Waals surface area contributed by atoms with E-state index in [1.54, 1.807) is 6.07 Å². The molecule has 1 fully saturated rings. The lowest BCUT2D eigenvalue weighted by Gasteiger charge is -2.30. The van der Waals surface area contributed by atoms with Crippen LogP contribution in [0.1, 0.15) is 49.0 Å². The van der Waals surface area contributed by atoms with Gasteiger partial charge in [-0.25, -0.2) is 4.79 Å². The third-order valence-corrected chi connectivity index (χ3v) is 3.76. The maximum atomic E-state index is 11.7. The van der Waals surface area contributed by atoms with Gasteiger partial charge in [0.1, 0.15) is 11.2 Å². The number of carbonyl (C=O) groups excluding carboxylic acids is 1. The summed E-state index contributed by atoms with van der Waals surface area (Å²) < 4.78 is 0. The number of nitrogens with one attached hydrogen (secondary N) is 1. The van der Waals surface area contributed by atoms with Gasteiger partial charge in [-0.05, 0) is 25.0 Å². The number of aromatic nitrogens is 1. The summed E-state index contributed by atoms with van der Waals surface area (Å²) in [5.74, 6) is -1.48. The molecule has 0 atom stereocenters. The summed E-state index contributed by atoms with van der Waals surface area (Å²) in [6.07, 6.45) is 6.49. The van der Waals surface area contributed by atoms with Crippen molar-refractivity contribution in [2.75, 3.05) is 5.32 Å². The monoisotopic (exact) mass is 277 g/mol. The van der Waals surface area contributed by atoms with Crippen molar-refractivity contribution >= 4 is 17.6 Å². The number of hydrogen-bond acceptors (Lipinski definition) is 4. The van der Waals surface area contributed by atoms with Crippen molar-refractivity contribution in [3.63, 3.8) is 0 Å². The van der Waals surface area contributed by atoms with Gasteiger partial charge in [0, 0.05) is 11.9 Å². The molecule has 0 saturated heterocycles. The Morgan fingerprint density at radius 1 is 1.25 bits per heavy atom. The average Bonchev–Trinajstić information content (AvgIpc) is 2.65. The third-order valence-electron chi connectivity index (χ3n) is 3.76. The largest absolute Gasteiger partial charge is 0.480 e. The van der Waals surface area contributed by atoms with Crippen molar-refractivity contribution < 1.29 is 14.7 Å². The summed E-state index contributed by atoms with van der Waals surface area (Å²) in [5.41, 5.74) is 4.92. The second-order valence-electron chi connectivity index (χ2n) is 5.22. The van der Waals surface area contributed by atoms with E-state index < -0.39 is 17.4 Å². The highest BCUT2D eigenvalue weighted by Gasteiger charge is 2.38. The predicted molar refractivity (Wildman–Crippen MR) is 74.4 cm³/mol. The zero-order valence-corrected chi connectivity index (χ0v) is 11.3. The maximum Gasteiger partial charge on any atom is 0.329 e. The molecule has 1 heterocycles. The van der Waals surface area contributed by atoms with Crippen LogP contribution in [0.15, 0.2) is 18.3 Å². The molecule has 108 valence electrons. The van der Waals surface area contributed by atoms with Crippen LogP contribution in [0, 0.1) is 0 Å². The van der Waals surface area contributed by atoms with Gasteiger partial charge in [0.2, 0.25) is 0 Å². The number of hydrogen-bond donors (Lipinski definition) is 3. The van der Waals surface area contributed by atoms with Gasteiger partial charge in [-0.15, -0.1) is 0 Å². The molecule has 1 aromatic rings. The van der Waals surface area contributed by atoms with Crippen LogP contribution in [0.2, 0.25) is 0 Å². The molecule has 20 heavy (non-hydrogen) atoms. The van der Waals surface area contributed by atoms with Gasteiger partial charge in [-0.2, -0.15) is 0 Å². The second-order valence-corrected chi connectivity index (χ2v) is 5.22. The smallest absolute Gasteiger partial charge is 0.329 e. The fourth-order valence-corrected chi connectivity index (χ4v) is 2.64. The Kier molecular flexibility index (Phi) is 4.22. The molecule has 0 bridgehead atoms. The summed E-state index contributed by atoms with van der Waals surface area (Å²) in [5, 5.41) is 12.7. The van der Waals surface area contributed by atoms with Crippen molar-refractivity contribution in [2.24, 2.45) is 5.73 Å². The molecule has 1 aromatic heterocycles. The van der Waals surface area contributed by atoms with Gasteiger partial charge < -0.3 is 16.2 Å². The van der Waals surface area contributed by atoms with Crippen molar-refractivity contribution in [3.8, 4) is 0 Å². The molecule has 0 aromatic carbocycles. The molecular weight excluding hydrogens is 258 g/mol. The minimum absolute atomic E-state index is 0.129. The minimum atomic E-state index is -0.966. The zero-order chi connectivity index (χ0) is 14.6. The summed E-state index contributed by atoms with van der Waals surface area (Å²) in [4.78, 5) is 26.7. The van der Waals surface area contributed by atoms with Crippen molar-refractivity contribution in [1.29, 1.82) is 0 Å². The van der Waals surface area contributed by atoms with Crippen LogP contribution in [0.5, 0.6) is 0 Å². The van der Waals surface area contributed by atoms with E-state index in [2.05, 4.69) is 10.3 Å². The quantitative estimate of drug-likeness (QED) is 0.727. The van der Waals surface area contributed by atoms with Crippen LogP contribution in [0.25, 0.3) is 0 Å². The van der Waals surface area contributed by atoms with Gasteiger partial charge in [-0.3, -0.25) is 9.78 Å². The van der Waals surface area contributed by atoms with Gasteiger partial charge in [0.05, 0.1) is 0 Å². The number of nitrogens with zero attached hydrogens (tertiary/aromatic N) is 1. The van der Waals surface area contributed by atoms with Crippen LogP contribution < -0.4 is 11.1 Å². The van der Waals surface area contributed by atoms with E-state index in [1.165, 1.54) is 12.3 Å². The van der Waals surface area contributed by atoms with Crippen molar-refractivity contribution in [2.45, 2.75) is 44.1 Å². The van der Waals surface area contributed by atoms with Crippen LogP contribution in [-0.2, 0) is 4.79 Å². The first kappa shape index (κ1) is 14.3. The fourth-order valence-electron chi connectivity index (χ4n) is 2.64. The topological polar surface area (TPSA) is 105 Å². The SMILES string of the molecule is NC(=O)c1cc(NC2(C(=O)O)CCCCCC2)ccn1. The van der Waals surface area contributed by atoms with Gasteiger partial charge >= 0.3 is 5.97 Å². The van der Waals surface area contributed by atoms with E-state index in [0.29, 0.717) is 18.5 Å². The van der Waals surface area contributed by atoms with E-state index in [4.69, 9.17) is 5.73 Å². The molecular formula is C14H19N3O3. The van der Waals surface area contributed by atoms with Crippen LogP contribution in [-0.4, -0.2) is 27.5 Å². The number of anilines is 1. The number of pyridine rings is 1. The minimum Gasteiger partial charge on any atom is -0.480 e. The first-order chi connectivity index (χ1) is 9.53. The Morgan fingerprint density at radius 3 is 2.45 bits per heavy atom. The number of rotatable bonds is 4. The van der Waals surface area contributed by atoms with Crippen LogP contribution in [0.3, 0.4) is 0 Å². The van der Waals surface area contributed by atoms with E-state index in [-0.39, 0.29) is 5.69 Å². The Labute approximate surface area is 117 Å². The number of primary amides is 1. The van der Waals surface area contributed by atoms with Crippen LogP contribution in [0.4, 0.5) is 5.69 Å². The lowest BCUT2D eigenvalue weighted by molar-refractivity contribution is -0.142. The number of carboxylic acids is 1. The molecule has 0 spiro atoms. The highest BCUT2D eigenvalue weighted by Crippen LogP contribution is 2.31. The molecule has 1 aliphatic carbocycles. The normalized spacial score (nSPS) is 18.0. The average molecular weight is 277 g/mol. The Bertz CT molecular complexity index is 508. The Morgan fingerprint density at radius 2 is 1.90 bits per heavy atom. The highest BCUT2D eigenvalue weighted by molar-refractivity contribution is 5.92. The number of aliphatic carboxylic acids is 1. The number of nitrogens with two attached hydrogens (primary N) is 1. The van der Waals surface area contributed by atoms with E-state index in [1.807, 2.05) is 0 Å². The van der Waals surface area contributed by atoms with Crippen LogP contribution >= 0.6 is 0 Å². The molecule has 1 saturated carbocycles. The third kappa shape index (κ3) is 3.07. The molecule has 0 aliphatic heterocycles. The number of carboxylic acid groups (broad SMARTS) is 1. The van der Waals surface area contributed by atoms with E-state index in [0.717, 1.165) is 25.7 Å². The Balaban J connectivity index is 2.25. The molecule has 4 N–H and O–H groups in total. The maximum absolute atomic E-state index is 11.7. The molecule has 0 unspecified atom stereocenters. The molecule has 2 rings (SSSR count). The first-order valence-corrected chi connectivity index (χ1v) is 6.81. The molecule has 6 nitrogen and oxygen atoms in total. The Hall–Kier alpha value is -2.11. The summed E-state index contributed by atoms with van der Waals surface area (Å²) in [6, 6.07) is 3.15. The fraction of sp³-hybridized carbons (Fsp3) is 0.500. The zero-order valence-electron chi connectivity index (χ0n) is 11.3. The van der Waals surface area contributed by atoms with Gasteiger partial charge in [0.25, 0.3) is 5.91 Å². The summed E-state index contributed by atoms with van der Waals surface area (Å²) in [7, 11) is 0. The van der Waals surface area contributed by atoms with Crippen molar-refractivity contribution in [1.82, 2.24) is 4.98 Å². The van der Waals surface area contributed by atoms with Gasteiger partial charge in [0.15, 0.2) is 0 Å². The van der Waals surface area contributed by atoms with E-state index >= 15 is 0 Å². The summed E-state index contributed by atoms with van der Waals surface area (Å²) in [6.45, 7) is 0. The predicted octanol–water partition coefficient (Wildman–Crippen LogP) is 1.77. The van der Waals surface area contributed by atoms with Crippen molar-refractivity contribution in [3.05, 3.63) is 24.0 Å². The number of carbonyl (C=O) groups is 2. The second kappa shape index (κ2) is 5.90. The number of amides is 1. The standard InChI is InChI=1S/C14H19N3O3/c15-12(18)11-9-10(5-8-16-11)17-14(13(19)20)6-3-1-2-4-7-14/h5,8-9H,1-4,6-7H2,(H2,15,18)(H,16,17)(H,19,20). The summed E-state index contributed by atoms with van der Waals surface area (Å²) >= 11 is 0. The molecule has 0 radical (unpaired) electrons. The first-order valence-electron chi connectivity index (χ1n) is 6.81. The highest BCUT2D eigenvalue weighted by atomic mass is 16.4. The lowest BCUT2D eigenvalue weighted by atomic mass is 9.90. The molecule has 1 aliphatic rings. The van der Waals surface area contributed by atoms with E-state index in [9.17, 15) is 14.7 Å².